The van der Waals surface area contributed by atoms with E-state index in [1.165, 1.54) is 12.8 Å². The second-order valence-corrected chi connectivity index (χ2v) is 5.57. The summed E-state index contributed by atoms with van der Waals surface area (Å²) in [4.78, 5) is 1.13. The van der Waals surface area contributed by atoms with Crippen LogP contribution in [0.3, 0.4) is 0 Å². The largest absolute Gasteiger partial charge is 0.324 e. The summed E-state index contributed by atoms with van der Waals surface area (Å²) in [6.07, 6.45) is 2.35. The van der Waals surface area contributed by atoms with Crippen molar-refractivity contribution in [1.82, 2.24) is 20.2 Å². The average Bonchev–Trinajstić information content (AvgIpc) is 3.11. The van der Waals surface area contributed by atoms with Crippen molar-refractivity contribution in [1.29, 1.82) is 0 Å². The van der Waals surface area contributed by atoms with Gasteiger partial charge in [-0.1, -0.05) is 18.2 Å². The van der Waals surface area contributed by atoms with Crippen LogP contribution in [0.5, 0.6) is 0 Å². The SMILES string of the molecule is C[C@H](N)c1ccccc1Sc1nnnn1C1CC1. The first-order valence-electron chi connectivity index (χ1n) is 6.06. The smallest absolute Gasteiger partial charge is 0.214 e. The van der Waals surface area contributed by atoms with Gasteiger partial charge in [-0.2, -0.15) is 0 Å². The number of hydrogen-bond acceptors (Lipinski definition) is 5. The van der Waals surface area contributed by atoms with Crippen LogP contribution < -0.4 is 5.73 Å². The van der Waals surface area contributed by atoms with E-state index in [1.807, 2.05) is 23.7 Å². The molecule has 3 rings (SSSR count). The zero-order valence-corrected chi connectivity index (χ0v) is 11.0. The highest BCUT2D eigenvalue weighted by atomic mass is 32.2. The molecule has 6 heteroatoms. The van der Waals surface area contributed by atoms with E-state index < -0.39 is 0 Å². The predicted octanol–water partition coefficient (Wildman–Crippen LogP) is 2.18. The topological polar surface area (TPSA) is 69.6 Å². The molecule has 0 aliphatic heterocycles. The third-order valence-electron chi connectivity index (χ3n) is 2.97. The van der Waals surface area contributed by atoms with Gasteiger partial charge in [0.1, 0.15) is 0 Å². The number of benzene rings is 1. The Kier molecular flexibility index (Phi) is 3.05. The van der Waals surface area contributed by atoms with Crippen LogP contribution in [0, 0.1) is 0 Å². The van der Waals surface area contributed by atoms with Crippen LogP contribution in [0.1, 0.15) is 37.4 Å². The fourth-order valence-electron chi connectivity index (χ4n) is 1.85. The lowest BCUT2D eigenvalue weighted by atomic mass is 10.1. The summed E-state index contributed by atoms with van der Waals surface area (Å²) in [6.45, 7) is 1.99. The molecule has 18 heavy (non-hydrogen) atoms. The van der Waals surface area contributed by atoms with E-state index in [2.05, 4.69) is 27.7 Å². The van der Waals surface area contributed by atoms with Gasteiger partial charge < -0.3 is 5.73 Å². The molecule has 1 heterocycles. The quantitative estimate of drug-likeness (QED) is 0.913. The summed E-state index contributed by atoms with van der Waals surface area (Å²) >= 11 is 1.59. The maximum absolute atomic E-state index is 5.98. The highest BCUT2D eigenvalue weighted by molar-refractivity contribution is 7.99. The summed E-state index contributed by atoms with van der Waals surface area (Å²) in [5.74, 6) is 0. The Labute approximate surface area is 110 Å². The first kappa shape index (κ1) is 11.7. The van der Waals surface area contributed by atoms with Crippen LogP contribution in [0.2, 0.25) is 0 Å². The van der Waals surface area contributed by atoms with Crippen LogP contribution >= 0.6 is 11.8 Å². The number of aromatic nitrogens is 4. The highest BCUT2D eigenvalue weighted by Gasteiger charge is 2.28. The van der Waals surface area contributed by atoms with Gasteiger partial charge in [-0.15, -0.1) is 5.10 Å². The minimum absolute atomic E-state index is 0.0129. The van der Waals surface area contributed by atoms with Crippen LogP contribution in [0.15, 0.2) is 34.3 Å². The zero-order chi connectivity index (χ0) is 12.5. The molecule has 0 saturated heterocycles. The Morgan fingerprint density at radius 3 is 2.89 bits per heavy atom. The molecule has 2 N–H and O–H groups in total. The van der Waals surface area contributed by atoms with Crippen LogP contribution in [0.25, 0.3) is 0 Å². The summed E-state index contributed by atoms with van der Waals surface area (Å²) in [5, 5.41) is 12.8. The van der Waals surface area contributed by atoms with E-state index in [9.17, 15) is 0 Å². The lowest BCUT2D eigenvalue weighted by molar-refractivity contribution is 0.565. The van der Waals surface area contributed by atoms with Crippen molar-refractivity contribution in [3.8, 4) is 0 Å². The number of nitrogens with zero attached hydrogens (tertiary/aromatic N) is 4. The summed E-state index contributed by atoms with van der Waals surface area (Å²) in [6, 6.07) is 8.64. The van der Waals surface area contributed by atoms with Crippen LogP contribution in [0.4, 0.5) is 0 Å². The van der Waals surface area contributed by atoms with Gasteiger partial charge >= 0.3 is 0 Å². The van der Waals surface area contributed by atoms with E-state index in [1.54, 1.807) is 11.8 Å². The second kappa shape index (κ2) is 4.70. The van der Waals surface area contributed by atoms with Gasteiger partial charge in [0, 0.05) is 10.9 Å². The molecule has 94 valence electrons. The van der Waals surface area contributed by atoms with Crippen molar-refractivity contribution < 1.29 is 0 Å². The normalized spacial score (nSPS) is 16.8. The molecule has 2 aromatic rings. The first-order valence-corrected chi connectivity index (χ1v) is 6.87. The van der Waals surface area contributed by atoms with Gasteiger partial charge in [0.15, 0.2) is 0 Å². The van der Waals surface area contributed by atoms with Gasteiger partial charge in [-0.3, -0.25) is 0 Å². The van der Waals surface area contributed by atoms with Gasteiger partial charge in [-0.25, -0.2) is 4.68 Å². The summed E-state index contributed by atoms with van der Waals surface area (Å²) in [7, 11) is 0. The van der Waals surface area contributed by atoms with Gasteiger partial charge in [0.2, 0.25) is 5.16 Å². The molecule has 5 nitrogen and oxygen atoms in total. The number of rotatable bonds is 4. The molecule has 1 aromatic heterocycles. The second-order valence-electron chi connectivity index (χ2n) is 4.57. The van der Waals surface area contributed by atoms with Gasteiger partial charge in [-0.05, 0) is 53.6 Å². The molecule has 0 radical (unpaired) electrons. The minimum atomic E-state index is 0.0129. The predicted molar refractivity (Wildman–Crippen MR) is 69.3 cm³/mol. The Bertz CT molecular complexity index is 547. The van der Waals surface area contributed by atoms with Crippen molar-refractivity contribution in [2.45, 2.75) is 41.9 Å². The van der Waals surface area contributed by atoms with E-state index in [-0.39, 0.29) is 6.04 Å². The minimum Gasteiger partial charge on any atom is -0.324 e. The number of nitrogens with two attached hydrogens (primary N) is 1. The molecular formula is C12H15N5S. The Morgan fingerprint density at radius 2 is 2.17 bits per heavy atom. The third kappa shape index (κ3) is 2.26. The molecule has 0 spiro atoms. The van der Waals surface area contributed by atoms with Crippen LogP contribution in [-0.2, 0) is 0 Å². The summed E-state index contributed by atoms with van der Waals surface area (Å²) < 4.78 is 1.92. The molecule has 0 unspecified atom stereocenters. The molecule has 0 amide bonds. The molecule has 1 fully saturated rings. The van der Waals surface area contributed by atoms with Crippen LogP contribution in [-0.4, -0.2) is 20.2 Å². The van der Waals surface area contributed by atoms with E-state index >= 15 is 0 Å². The van der Waals surface area contributed by atoms with E-state index in [4.69, 9.17) is 5.73 Å². The van der Waals surface area contributed by atoms with Crippen molar-refractivity contribution in [2.24, 2.45) is 5.73 Å². The fraction of sp³-hybridized carbons (Fsp3) is 0.417. The molecule has 1 atom stereocenters. The average molecular weight is 261 g/mol. The highest BCUT2D eigenvalue weighted by Crippen LogP contribution is 2.39. The summed E-state index contributed by atoms with van der Waals surface area (Å²) in [5.41, 5.74) is 7.11. The van der Waals surface area contributed by atoms with Gasteiger partial charge in [0.25, 0.3) is 0 Å². The Morgan fingerprint density at radius 1 is 1.39 bits per heavy atom. The van der Waals surface area contributed by atoms with E-state index in [0.717, 1.165) is 15.6 Å². The molecule has 1 saturated carbocycles. The number of tetrazole rings is 1. The maximum atomic E-state index is 5.98. The first-order chi connectivity index (χ1) is 8.75. The maximum Gasteiger partial charge on any atom is 0.214 e. The number of hydrogen-bond donors (Lipinski definition) is 1. The molecular weight excluding hydrogens is 246 g/mol. The molecule has 1 aromatic carbocycles. The molecule has 0 bridgehead atoms. The van der Waals surface area contributed by atoms with Crippen molar-refractivity contribution in [2.75, 3.05) is 0 Å². The Balaban J connectivity index is 1.89. The Hall–Kier alpha value is -1.40. The van der Waals surface area contributed by atoms with Crippen molar-refractivity contribution in [3.05, 3.63) is 29.8 Å². The monoisotopic (exact) mass is 261 g/mol. The lowest BCUT2D eigenvalue weighted by Gasteiger charge is -2.11. The third-order valence-corrected chi connectivity index (χ3v) is 4.01. The fourth-order valence-corrected chi connectivity index (χ4v) is 2.92. The van der Waals surface area contributed by atoms with Crippen molar-refractivity contribution in [3.63, 3.8) is 0 Å². The lowest BCUT2D eigenvalue weighted by Crippen LogP contribution is -2.06. The van der Waals surface area contributed by atoms with Crippen molar-refractivity contribution >= 4 is 11.8 Å². The van der Waals surface area contributed by atoms with Gasteiger partial charge in [0.05, 0.1) is 6.04 Å². The molecule has 1 aliphatic rings. The molecule has 1 aliphatic carbocycles. The van der Waals surface area contributed by atoms with E-state index in [0.29, 0.717) is 6.04 Å². The standard InChI is InChI=1S/C12H15N5S/c1-8(13)10-4-2-3-5-11(10)18-12-14-15-16-17(12)9-6-7-9/h2-5,8-9H,6-7,13H2,1H3/t8-/m0/s1. The zero-order valence-electron chi connectivity index (χ0n) is 10.2.